The van der Waals surface area contributed by atoms with E-state index in [9.17, 15) is 0 Å². The fourth-order valence-electron chi connectivity index (χ4n) is 2.93. The first-order valence-corrected chi connectivity index (χ1v) is 7.89. The molecule has 0 heterocycles. The van der Waals surface area contributed by atoms with Crippen molar-refractivity contribution in [1.82, 2.24) is 0 Å². The predicted molar refractivity (Wildman–Crippen MR) is 80.8 cm³/mol. The fourth-order valence-corrected chi connectivity index (χ4v) is 2.93. The van der Waals surface area contributed by atoms with E-state index in [1.807, 2.05) is 0 Å². The molecular weight excluding hydrogens is 238 g/mol. The number of carbonyl (C=O) groups is 1. The van der Waals surface area contributed by atoms with Crippen LogP contribution in [0.5, 0.6) is 0 Å². The molecule has 0 spiro atoms. The van der Waals surface area contributed by atoms with Gasteiger partial charge in [-0.25, -0.2) is 0 Å². The molecule has 0 radical (unpaired) electrons. The molecule has 0 amide bonds. The maximum atomic E-state index is 8.89. The molecule has 0 aromatic heterocycles. The number of rotatable bonds is 9. The van der Waals surface area contributed by atoms with E-state index in [0.29, 0.717) is 0 Å². The second-order valence-electron chi connectivity index (χ2n) is 5.65. The monoisotopic (exact) mass is 273 g/mol. The third-order valence-corrected chi connectivity index (χ3v) is 3.59. The van der Waals surface area contributed by atoms with Crippen LogP contribution in [0.3, 0.4) is 0 Å². The van der Waals surface area contributed by atoms with Gasteiger partial charge in [-0.15, -0.1) is 0 Å². The third-order valence-electron chi connectivity index (χ3n) is 3.59. The number of nitrogens with zero attached hydrogens (tertiary/aromatic N) is 1. The molecule has 0 aliphatic rings. The molecular formula is C16H35NO2. The van der Waals surface area contributed by atoms with Gasteiger partial charge in [-0.3, -0.25) is 0 Å². The van der Waals surface area contributed by atoms with Crippen molar-refractivity contribution >= 4 is 5.97 Å². The topological polar surface area (TPSA) is 40.1 Å². The summed E-state index contributed by atoms with van der Waals surface area (Å²) in [6.45, 7) is 13.0. The second kappa shape index (κ2) is 12.5. The Kier molecular flexibility index (Phi) is 13.6. The summed E-state index contributed by atoms with van der Waals surface area (Å²) in [5.74, 6) is -1.08. The molecule has 0 saturated heterocycles. The number of carbonyl (C=O) groups excluding carboxylic acids is 1. The molecule has 0 unspecified atom stereocenters. The first-order valence-electron chi connectivity index (χ1n) is 7.89. The van der Waals surface area contributed by atoms with Gasteiger partial charge in [0.1, 0.15) is 0 Å². The SMILES string of the molecule is CC(=O)[O-].CCCC(CCC)[N+](C)(CCC)CCC. The summed E-state index contributed by atoms with van der Waals surface area (Å²) in [6.07, 6.45) is 8.13. The first-order chi connectivity index (χ1) is 8.87. The van der Waals surface area contributed by atoms with Crippen LogP contribution in [-0.4, -0.2) is 36.6 Å². The zero-order valence-corrected chi connectivity index (χ0v) is 14.0. The van der Waals surface area contributed by atoms with E-state index in [4.69, 9.17) is 9.90 Å². The maximum Gasteiger partial charge on any atom is 0.0888 e. The minimum absolute atomic E-state index is 0.903. The van der Waals surface area contributed by atoms with E-state index in [1.54, 1.807) is 0 Å². The molecule has 3 nitrogen and oxygen atoms in total. The third kappa shape index (κ3) is 11.0. The summed E-state index contributed by atoms with van der Waals surface area (Å²) < 4.78 is 1.31. The van der Waals surface area contributed by atoms with Gasteiger partial charge in [0.05, 0.1) is 26.2 Å². The second-order valence-corrected chi connectivity index (χ2v) is 5.65. The zero-order chi connectivity index (χ0) is 15.3. The van der Waals surface area contributed by atoms with Crippen molar-refractivity contribution in [2.75, 3.05) is 20.1 Å². The number of aliphatic carboxylic acids is 1. The maximum absolute atomic E-state index is 8.89. The van der Waals surface area contributed by atoms with Crippen molar-refractivity contribution in [3.63, 3.8) is 0 Å². The van der Waals surface area contributed by atoms with Crippen LogP contribution in [0, 0.1) is 0 Å². The van der Waals surface area contributed by atoms with Gasteiger partial charge in [0.15, 0.2) is 0 Å². The molecule has 116 valence electrons. The lowest BCUT2D eigenvalue weighted by atomic mass is 10.0. The summed E-state index contributed by atoms with van der Waals surface area (Å²) in [5, 5.41) is 8.89. The molecule has 0 aromatic carbocycles. The van der Waals surface area contributed by atoms with Gasteiger partial charge in [0.25, 0.3) is 0 Å². The van der Waals surface area contributed by atoms with Gasteiger partial charge in [-0.1, -0.05) is 40.5 Å². The van der Waals surface area contributed by atoms with E-state index in [1.165, 1.54) is 56.1 Å². The van der Waals surface area contributed by atoms with Crippen LogP contribution in [-0.2, 0) is 4.79 Å². The molecule has 0 aliphatic heterocycles. The average molecular weight is 273 g/mol. The Bertz CT molecular complexity index is 201. The molecule has 0 fully saturated rings. The predicted octanol–water partition coefficient (Wildman–Crippen LogP) is 2.98. The molecule has 0 aromatic rings. The number of carboxylic acid groups (broad SMARTS) is 1. The molecule has 0 atom stereocenters. The lowest BCUT2D eigenvalue weighted by molar-refractivity contribution is -0.934. The zero-order valence-electron chi connectivity index (χ0n) is 14.0. The number of quaternary nitrogens is 1. The number of carboxylic acids is 1. The first kappa shape index (κ1) is 20.7. The van der Waals surface area contributed by atoms with Crippen molar-refractivity contribution in [3.05, 3.63) is 0 Å². The summed E-state index contributed by atoms with van der Waals surface area (Å²) in [4.78, 5) is 8.89. The molecule has 0 saturated carbocycles. The quantitative estimate of drug-likeness (QED) is 0.606. The van der Waals surface area contributed by atoms with Crippen molar-refractivity contribution in [2.45, 2.75) is 79.2 Å². The Balaban J connectivity index is 0. The van der Waals surface area contributed by atoms with Gasteiger partial charge in [0.2, 0.25) is 0 Å². The Morgan fingerprint density at radius 3 is 1.47 bits per heavy atom. The highest BCUT2D eigenvalue weighted by Gasteiger charge is 2.29. The Morgan fingerprint density at radius 2 is 1.26 bits per heavy atom. The summed E-state index contributed by atoms with van der Waals surface area (Å²) in [6, 6.07) is 0.903. The molecule has 0 aliphatic carbocycles. The van der Waals surface area contributed by atoms with Crippen molar-refractivity contribution in [3.8, 4) is 0 Å². The lowest BCUT2D eigenvalue weighted by Gasteiger charge is -2.42. The van der Waals surface area contributed by atoms with Crippen molar-refractivity contribution in [1.29, 1.82) is 0 Å². The molecule has 3 heteroatoms. The van der Waals surface area contributed by atoms with Gasteiger partial charge in [-0.05, 0) is 32.6 Å². The Hall–Kier alpha value is -0.570. The minimum atomic E-state index is -1.08. The smallest absolute Gasteiger partial charge is 0.0888 e. The average Bonchev–Trinajstić information content (AvgIpc) is 2.28. The van der Waals surface area contributed by atoms with Crippen LogP contribution in [0.15, 0.2) is 0 Å². The van der Waals surface area contributed by atoms with E-state index in [2.05, 4.69) is 34.7 Å². The minimum Gasteiger partial charge on any atom is -0.550 e. The lowest BCUT2D eigenvalue weighted by Crippen LogP contribution is -2.53. The van der Waals surface area contributed by atoms with Gasteiger partial charge < -0.3 is 14.4 Å². The van der Waals surface area contributed by atoms with Gasteiger partial charge in [0, 0.05) is 5.97 Å². The van der Waals surface area contributed by atoms with Crippen LogP contribution in [0.2, 0.25) is 0 Å². The van der Waals surface area contributed by atoms with Crippen LogP contribution in [0.25, 0.3) is 0 Å². The molecule has 0 rings (SSSR count). The van der Waals surface area contributed by atoms with E-state index >= 15 is 0 Å². The highest BCUT2D eigenvalue weighted by molar-refractivity contribution is 5.60. The highest BCUT2D eigenvalue weighted by Crippen LogP contribution is 2.21. The molecule has 0 bridgehead atoms. The van der Waals surface area contributed by atoms with Crippen molar-refractivity contribution < 1.29 is 14.4 Å². The highest BCUT2D eigenvalue weighted by atomic mass is 16.4. The summed E-state index contributed by atoms with van der Waals surface area (Å²) in [7, 11) is 2.48. The Morgan fingerprint density at radius 1 is 0.947 bits per heavy atom. The van der Waals surface area contributed by atoms with Crippen molar-refractivity contribution in [2.24, 2.45) is 0 Å². The van der Waals surface area contributed by atoms with E-state index in [-0.39, 0.29) is 0 Å². The van der Waals surface area contributed by atoms with E-state index < -0.39 is 5.97 Å². The molecule has 19 heavy (non-hydrogen) atoms. The van der Waals surface area contributed by atoms with Gasteiger partial charge in [-0.2, -0.15) is 0 Å². The standard InChI is InChI=1S/C14H32N.C2H4O2/c1-6-10-14(11-7-2)15(5,12-8-3)13-9-4;1-2(3)4/h14H,6-13H2,1-5H3;1H3,(H,3,4)/q+1;/p-1. The van der Waals surface area contributed by atoms with Gasteiger partial charge >= 0.3 is 0 Å². The van der Waals surface area contributed by atoms with Crippen LogP contribution < -0.4 is 5.11 Å². The number of hydrogen-bond acceptors (Lipinski definition) is 2. The van der Waals surface area contributed by atoms with Crippen LogP contribution in [0.1, 0.15) is 73.1 Å². The molecule has 0 N–H and O–H groups in total. The fraction of sp³-hybridized carbons (Fsp3) is 0.938. The summed E-state index contributed by atoms with van der Waals surface area (Å²) in [5.41, 5.74) is 0. The van der Waals surface area contributed by atoms with E-state index in [0.717, 1.165) is 13.0 Å². The normalized spacial score (nSPS) is 11.1. The summed E-state index contributed by atoms with van der Waals surface area (Å²) >= 11 is 0. The Labute approximate surface area is 120 Å². The number of hydrogen-bond donors (Lipinski definition) is 0. The van der Waals surface area contributed by atoms with Crippen LogP contribution >= 0.6 is 0 Å². The largest absolute Gasteiger partial charge is 0.550 e. The van der Waals surface area contributed by atoms with Crippen LogP contribution in [0.4, 0.5) is 0 Å².